The molecule has 1 aliphatic rings. The second kappa shape index (κ2) is 14.0. The predicted octanol–water partition coefficient (Wildman–Crippen LogP) is 4.85. The van der Waals surface area contributed by atoms with Crippen LogP contribution in [0.2, 0.25) is 0 Å². The molecule has 1 rings (SSSR count). The first-order valence-electron chi connectivity index (χ1n) is 6.67. The molecule has 0 bridgehead atoms. The van der Waals surface area contributed by atoms with Gasteiger partial charge in [0.2, 0.25) is 0 Å². The average Bonchev–Trinajstić information content (AvgIpc) is 2.42. The molecule has 0 aliphatic heterocycles. The Hall–Kier alpha value is -0.380. The minimum absolute atomic E-state index is 0.487. The zero-order valence-electron chi connectivity index (χ0n) is 12.6. The highest BCUT2D eigenvalue weighted by Gasteiger charge is 2.11. The summed E-state index contributed by atoms with van der Waals surface area (Å²) in [6, 6.07) is 0. The van der Waals surface area contributed by atoms with Crippen molar-refractivity contribution in [1.82, 2.24) is 0 Å². The summed E-state index contributed by atoms with van der Waals surface area (Å²) < 4.78 is 4.70. The van der Waals surface area contributed by atoms with Crippen LogP contribution in [0.25, 0.3) is 0 Å². The van der Waals surface area contributed by atoms with Crippen LogP contribution in [0.5, 0.6) is 0 Å². The Labute approximate surface area is 127 Å². The molecule has 0 radical (unpaired) electrons. The quantitative estimate of drug-likeness (QED) is 0.453. The van der Waals surface area contributed by atoms with E-state index in [9.17, 15) is 0 Å². The van der Waals surface area contributed by atoms with Crippen molar-refractivity contribution in [3.8, 4) is 0 Å². The Morgan fingerprint density at radius 2 is 2.16 bits per heavy atom. The molecule has 2 atom stereocenters. The second-order valence-electron chi connectivity index (χ2n) is 4.43. The van der Waals surface area contributed by atoms with Crippen molar-refractivity contribution >= 4 is 15.9 Å². The largest absolute Gasteiger partial charge is 0.367 e. The summed E-state index contributed by atoms with van der Waals surface area (Å²) in [6.07, 6.45) is 5.53. The first-order chi connectivity index (χ1) is 9.01. The van der Waals surface area contributed by atoms with Gasteiger partial charge in [0, 0.05) is 6.61 Å². The molecule has 1 unspecified atom stereocenters. The molecule has 2 nitrogen and oxygen atoms in total. The molecule has 0 amide bonds. The number of rotatable bonds is 4. The number of aliphatic hydroxyl groups is 1. The van der Waals surface area contributed by atoms with Gasteiger partial charge >= 0.3 is 0 Å². The topological polar surface area (TPSA) is 29.5 Å². The summed E-state index contributed by atoms with van der Waals surface area (Å²) in [5.74, 6) is 0.767. The van der Waals surface area contributed by atoms with Crippen molar-refractivity contribution in [1.29, 1.82) is 0 Å². The van der Waals surface area contributed by atoms with Crippen molar-refractivity contribution < 1.29 is 9.84 Å². The lowest BCUT2D eigenvalue weighted by Crippen LogP contribution is -2.12. The number of hydrogen-bond donors (Lipinski definition) is 1. The van der Waals surface area contributed by atoms with Gasteiger partial charge in [-0.1, -0.05) is 39.7 Å². The van der Waals surface area contributed by atoms with Crippen molar-refractivity contribution in [2.75, 3.05) is 11.9 Å². The smallest absolute Gasteiger partial charge is 0.164 e. The van der Waals surface area contributed by atoms with Crippen molar-refractivity contribution in [2.45, 2.75) is 46.3 Å². The zero-order valence-corrected chi connectivity index (χ0v) is 14.2. The number of ether oxygens (including phenoxy) is 1. The first kappa shape index (κ1) is 20.9. The fourth-order valence-corrected chi connectivity index (χ4v) is 1.84. The van der Waals surface area contributed by atoms with E-state index in [-0.39, 0.29) is 0 Å². The van der Waals surface area contributed by atoms with Gasteiger partial charge in [-0.2, -0.15) is 0 Å². The maximum absolute atomic E-state index is 8.59. The Morgan fingerprint density at radius 1 is 1.58 bits per heavy atom. The number of allylic oxidation sites excluding steroid dienone is 3. The first-order valence-corrected chi connectivity index (χ1v) is 7.80. The summed E-state index contributed by atoms with van der Waals surface area (Å²) in [7, 11) is 0. The highest BCUT2D eigenvalue weighted by molar-refractivity contribution is 9.09. The van der Waals surface area contributed by atoms with Gasteiger partial charge in [-0.05, 0) is 46.0 Å². The molecule has 19 heavy (non-hydrogen) atoms. The van der Waals surface area contributed by atoms with Crippen LogP contribution in [0.1, 0.15) is 40.0 Å². The minimum atomic E-state index is -0.634. The zero-order chi connectivity index (χ0) is 15.3. The van der Waals surface area contributed by atoms with Gasteiger partial charge in [0.15, 0.2) is 6.29 Å². The van der Waals surface area contributed by atoms with Crippen LogP contribution in [0.4, 0.5) is 0 Å². The summed E-state index contributed by atoms with van der Waals surface area (Å²) in [6.45, 7) is 16.7. The van der Waals surface area contributed by atoms with Gasteiger partial charge in [0.1, 0.15) is 0 Å². The van der Waals surface area contributed by atoms with E-state index in [4.69, 9.17) is 9.84 Å². The highest BCUT2D eigenvalue weighted by atomic mass is 79.9. The van der Waals surface area contributed by atoms with E-state index in [0.29, 0.717) is 11.9 Å². The molecule has 1 aliphatic carbocycles. The molecule has 0 fully saturated rings. The van der Waals surface area contributed by atoms with E-state index in [1.165, 1.54) is 24.8 Å². The lowest BCUT2D eigenvalue weighted by atomic mass is 9.86. The van der Waals surface area contributed by atoms with E-state index in [1.54, 1.807) is 5.57 Å². The van der Waals surface area contributed by atoms with Crippen LogP contribution in [0.3, 0.4) is 0 Å². The summed E-state index contributed by atoms with van der Waals surface area (Å²) in [5.41, 5.74) is 2.90. The van der Waals surface area contributed by atoms with Gasteiger partial charge in [0.05, 0.1) is 5.33 Å². The lowest BCUT2D eigenvalue weighted by Gasteiger charge is -2.19. The van der Waals surface area contributed by atoms with Crippen LogP contribution >= 0.6 is 15.9 Å². The molecule has 0 spiro atoms. The number of hydrogen-bond acceptors (Lipinski definition) is 2. The average molecular weight is 333 g/mol. The minimum Gasteiger partial charge on any atom is -0.367 e. The Morgan fingerprint density at radius 3 is 2.42 bits per heavy atom. The molecule has 0 aromatic heterocycles. The van der Waals surface area contributed by atoms with Crippen molar-refractivity contribution in [3.05, 3.63) is 37.0 Å². The monoisotopic (exact) mass is 332 g/mol. The van der Waals surface area contributed by atoms with Crippen LogP contribution in [-0.2, 0) is 4.74 Å². The molecule has 1 N–H and O–H groups in total. The molecule has 3 heteroatoms. The predicted molar refractivity (Wildman–Crippen MR) is 88.6 cm³/mol. The van der Waals surface area contributed by atoms with Gasteiger partial charge in [-0.25, -0.2) is 0 Å². The van der Waals surface area contributed by atoms with Crippen LogP contribution in [-0.4, -0.2) is 23.3 Å². The van der Waals surface area contributed by atoms with Gasteiger partial charge in [0.25, 0.3) is 0 Å². The van der Waals surface area contributed by atoms with Gasteiger partial charge < -0.3 is 9.84 Å². The molecule has 112 valence electrons. The third kappa shape index (κ3) is 12.4. The normalized spacial score (nSPS) is 19.0. The Bertz CT molecular complexity index is 261. The molecular formula is C16H29BrO2. The molecule has 0 saturated heterocycles. The van der Waals surface area contributed by atoms with Crippen molar-refractivity contribution in [2.24, 2.45) is 5.92 Å². The third-order valence-electron chi connectivity index (χ3n) is 2.83. The lowest BCUT2D eigenvalue weighted by molar-refractivity contribution is -0.0756. The molecule has 0 aromatic carbocycles. The molecule has 0 saturated carbocycles. The standard InChI is InChI=1S/C10H16.C4H9BrO2.C2H4/c1-8(2)10-6-4-9(3)5-7-10;1-2-7-4(6)3-5;1-2/h4,10H,1,5-7H2,2-3H3;4,6H,2-3H2,1H3;1-2H2/t10-;;/m1../s1. The Balaban J connectivity index is 0. The van der Waals surface area contributed by atoms with E-state index >= 15 is 0 Å². The fourth-order valence-electron chi connectivity index (χ4n) is 1.65. The maximum atomic E-state index is 8.59. The van der Waals surface area contributed by atoms with Crippen LogP contribution in [0.15, 0.2) is 37.0 Å². The van der Waals surface area contributed by atoms with E-state index in [1.807, 2.05) is 6.92 Å². The molecule has 0 aromatic rings. The van der Waals surface area contributed by atoms with Gasteiger partial charge in [-0.15, -0.1) is 13.2 Å². The summed E-state index contributed by atoms with van der Waals surface area (Å²) >= 11 is 3.04. The Kier molecular flexibility index (Phi) is 15.5. The fraction of sp³-hybridized carbons (Fsp3) is 0.625. The van der Waals surface area contributed by atoms with Crippen molar-refractivity contribution in [3.63, 3.8) is 0 Å². The van der Waals surface area contributed by atoms with E-state index in [2.05, 4.69) is 55.6 Å². The third-order valence-corrected chi connectivity index (χ3v) is 3.38. The second-order valence-corrected chi connectivity index (χ2v) is 5.08. The van der Waals surface area contributed by atoms with E-state index in [0.717, 1.165) is 5.92 Å². The summed E-state index contributed by atoms with van der Waals surface area (Å²) in [5, 5.41) is 9.08. The number of aliphatic hydroxyl groups excluding tert-OH is 1. The molecule has 0 heterocycles. The number of halogens is 1. The van der Waals surface area contributed by atoms with Crippen LogP contribution < -0.4 is 0 Å². The SMILES string of the molecule is C=C.C=C(C)[C@@H]1CC=C(C)CC1.CCOC(O)CBr. The maximum Gasteiger partial charge on any atom is 0.164 e. The van der Waals surface area contributed by atoms with E-state index < -0.39 is 6.29 Å². The highest BCUT2D eigenvalue weighted by Crippen LogP contribution is 2.27. The molecular weight excluding hydrogens is 304 g/mol. The van der Waals surface area contributed by atoms with Gasteiger partial charge in [-0.3, -0.25) is 0 Å². The summed E-state index contributed by atoms with van der Waals surface area (Å²) in [4.78, 5) is 0. The van der Waals surface area contributed by atoms with Crippen LogP contribution in [0, 0.1) is 5.92 Å². The number of alkyl halides is 1.